The van der Waals surface area contributed by atoms with E-state index in [0.29, 0.717) is 4.90 Å². The number of hydrogen-bond acceptors (Lipinski definition) is 1. The molecule has 0 spiro atoms. The monoisotopic (exact) mass is 216 g/mol. The van der Waals surface area contributed by atoms with Crippen LogP contribution in [0.4, 0.5) is 13.2 Å². The molecule has 0 fully saturated rings. The Morgan fingerprint density at radius 3 is 2.57 bits per heavy atom. The molecule has 1 aliphatic rings. The van der Waals surface area contributed by atoms with Gasteiger partial charge in [0.2, 0.25) is 0 Å². The standard InChI is InChI=1S/C10H7F3S/c11-10(12,13)9-6-5-7-3-1-2-4-8(7)14-9/h1-6,9H/t9-/m1/s1. The largest absolute Gasteiger partial charge is 0.404 e. The van der Waals surface area contributed by atoms with Crippen molar-refractivity contribution >= 4 is 17.8 Å². The Labute approximate surface area is 83.8 Å². The lowest BCUT2D eigenvalue weighted by Gasteiger charge is -2.20. The summed E-state index contributed by atoms with van der Waals surface area (Å²) in [6.07, 6.45) is -1.42. The zero-order valence-electron chi connectivity index (χ0n) is 7.08. The van der Waals surface area contributed by atoms with Crippen LogP contribution in [0.15, 0.2) is 35.2 Å². The fourth-order valence-corrected chi connectivity index (χ4v) is 2.26. The van der Waals surface area contributed by atoms with Crippen molar-refractivity contribution in [2.45, 2.75) is 16.3 Å². The van der Waals surface area contributed by atoms with Crippen LogP contribution in [0.25, 0.3) is 6.08 Å². The molecule has 74 valence electrons. The Morgan fingerprint density at radius 1 is 1.14 bits per heavy atom. The molecule has 1 atom stereocenters. The van der Waals surface area contributed by atoms with Gasteiger partial charge in [-0.25, -0.2) is 0 Å². The van der Waals surface area contributed by atoms with Crippen molar-refractivity contribution in [3.8, 4) is 0 Å². The summed E-state index contributed by atoms with van der Waals surface area (Å²) in [5, 5.41) is -1.41. The van der Waals surface area contributed by atoms with E-state index in [1.54, 1.807) is 12.1 Å². The Balaban J connectivity index is 2.30. The third kappa shape index (κ3) is 1.80. The first-order valence-electron chi connectivity index (χ1n) is 4.08. The summed E-state index contributed by atoms with van der Waals surface area (Å²) in [6.45, 7) is 0. The van der Waals surface area contributed by atoms with Gasteiger partial charge in [-0.1, -0.05) is 30.4 Å². The summed E-state index contributed by atoms with van der Waals surface area (Å²) in [5.41, 5.74) is 0.859. The highest BCUT2D eigenvalue weighted by molar-refractivity contribution is 8.00. The number of benzene rings is 1. The fourth-order valence-electron chi connectivity index (χ4n) is 1.27. The van der Waals surface area contributed by atoms with E-state index in [-0.39, 0.29) is 0 Å². The molecule has 0 N–H and O–H groups in total. The third-order valence-corrected chi connectivity index (χ3v) is 3.25. The van der Waals surface area contributed by atoms with Gasteiger partial charge < -0.3 is 0 Å². The van der Waals surface area contributed by atoms with Crippen LogP contribution in [-0.4, -0.2) is 11.4 Å². The van der Waals surface area contributed by atoms with Crippen molar-refractivity contribution in [1.82, 2.24) is 0 Å². The van der Waals surface area contributed by atoms with Gasteiger partial charge in [0.15, 0.2) is 0 Å². The molecule has 1 aliphatic heterocycles. The number of thioether (sulfide) groups is 1. The van der Waals surface area contributed by atoms with Gasteiger partial charge >= 0.3 is 6.18 Å². The number of fused-ring (bicyclic) bond motifs is 1. The fraction of sp³-hybridized carbons (Fsp3) is 0.200. The molecule has 4 heteroatoms. The topological polar surface area (TPSA) is 0 Å². The zero-order chi connectivity index (χ0) is 10.2. The van der Waals surface area contributed by atoms with Gasteiger partial charge in [0.25, 0.3) is 0 Å². The van der Waals surface area contributed by atoms with Crippen LogP contribution >= 0.6 is 11.8 Å². The molecule has 0 amide bonds. The van der Waals surface area contributed by atoms with Gasteiger partial charge in [-0.3, -0.25) is 0 Å². The maximum atomic E-state index is 12.4. The lowest BCUT2D eigenvalue weighted by atomic mass is 10.2. The number of alkyl halides is 3. The summed E-state index contributed by atoms with van der Waals surface area (Å²) < 4.78 is 37.1. The third-order valence-electron chi connectivity index (χ3n) is 1.95. The van der Waals surface area contributed by atoms with E-state index in [2.05, 4.69) is 0 Å². The molecular formula is C10H7F3S. The lowest BCUT2D eigenvalue weighted by molar-refractivity contribution is -0.119. The second-order valence-corrected chi connectivity index (χ2v) is 4.16. The molecule has 0 radical (unpaired) electrons. The molecule has 1 aromatic rings. The summed E-state index contributed by atoms with van der Waals surface area (Å²) in [7, 11) is 0. The molecule has 0 bridgehead atoms. The van der Waals surface area contributed by atoms with Crippen molar-refractivity contribution in [2.24, 2.45) is 0 Å². The van der Waals surface area contributed by atoms with Crippen molar-refractivity contribution in [3.05, 3.63) is 35.9 Å². The lowest BCUT2D eigenvalue weighted by Crippen LogP contribution is -2.24. The molecule has 2 rings (SSSR count). The average molecular weight is 216 g/mol. The van der Waals surface area contributed by atoms with Crippen LogP contribution in [-0.2, 0) is 0 Å². The van der Waals surface area contributed by atoms with Crippen molar-refractivity contribution < 1.29 is 13.2 Å². The van der Waals surface area contributed by atoms with Crippen LogP contribution in [0, 0.1) is 0 Å². The van der Waals surface area contributed by atoms with Gasteiger partial charge in [0, 0.05) is 4.90 Å². The minimum absolute atomic E-state index is 0.692. The van der Waals surface area contributed by atoms with Crippen LogP contribution in [0.3, 0.4) is 0 Å². The van der Waals surface area contributed by atoms with Gasteiger partial charge in [-0.15, -0.1) is 11.8 Å². The molecule has 1 heterocycles. The highest BCUT2D eigenvalue weighted by Crippen LogP contribution is 2.40. The predicted octanol–water partition coefficient (Wildman–Crippen LogP) is 3.74. The van der Waals surface area contributed by atoms with Crippen molar-refractivity contribution in [1.29, 1.82) is 0 Å². The first kappa shape index (κ1) is 9.65. The van der Waals surface area contributed by atoms with Crippen molar-refractivity contribution in [3.63, 3.8) is 0 Å². The number of hydrogen-bond donors (Lipinski definition) is 0. The Morgan fingerprint density at radius 2 is 1.86 bits per heavy atom. The Bertz CT molecular complexity index is 368. The summed E-state index contributed by atoms with van der Waals surface area (Å²) in [6, 6.07) is 7.09. The number of halogens is 3. The van der Waals surface area contributed by atoms with Gasteiger partial charge in [0.05, 0.1) is 0 Å². The maximum absolute atomic E-state index is 12.4. The van der Waals surface area contributed by atoms with E-state index in [4.69, 9.17) is 0 Å². The van der Waals surface area contributed by atoms with E-state index in [1.165, 1.54) is 12.2 Å². The van der Waals surface area contributed by atoms with E-state index in [9.17, 15) is 13.2 Å². The summed E-state index contributed by atoms with van der Waals surface area (Å²) >= 11 is 0.852. The molecular weight excluding hydrogens is 209 g/mol. The van der Waals surface area contributed by atoms with Crippen LogP contribution in [0.1, 0.15) is 5.56 Å². The highest BCUT2D eigenvalue weighted by Gasteiger charge is 2.39. The molecule has 0 saturated heterocycles. The minimum atomic E-state index is -4.16. The summed E-state index contributed by atoms with van der Waals surface area (Å²) in [5.74, 6) is 0. The molecule has 14 heavy (non-hydrogen) atoms. The van der Waals surface area contributed by atoms with E-state index in [1.807, 2.05) is 12.1 Å². The maximum Gasteiger partial charge on any atom is 0.404 e. The second-order valence-electron chi connectivity index (χ2n) is 2.98. The molecule has 0 unspecified atom stereocenters. The minimum Gasteiger partial charge on any atom is -0.169 e. The average Bonchev–Trinajstić information content (AvgIpc) is 2.16. The smallest absolute Gasteiger partial charge is 0.169 e. The first-order chi connectivity index (χ1) is 6.57. The molecule has 0 saturated carbocycles. The quantitative estimate of drug-likeness (QED) is 0.636. The Hall–Kier alpha value is -0.900. The summed E-state index contributed by atoms with van der Waals surface area (Å²) in [4.78, 5) is 0.692. The van der Waals surface area contributed by atoms with Gasteiger partial charge in [-0.2, -0.15) is 13.2 Å². The van der Waals surface area contributed by atoms with Crippen molar-refractivity contribution in [2.75, 3.05) is 0 Å². The Kier molecular flexibility index (Phi) is 2.31. The van der Waals surface area contributed by atoms with E-state index in [0.717, 1.165) is 17.3 Å². The second kappa shape index (κ2) is 3.35. The van der Waals surface area contributed by atoms with Crippen LogP contribution in [0.5, 0.6) is 0 Å². The first-order valence-corrected chi connectivity index (χ1v) is 4.96. The van der Waals surface area contributed by atoms with E-state index < -0.39 is 11.4 Å². The highest BCUT2D eigenvalue weighted by atomic mass is 32.2. The number of rotatable bonds is 0. The van der Waals surface area contributed by atoms with Gasteiger partial charge in [-0.05, 0) is 11.6 Å². The molecule has 1 aromatic carbocycles. The van der Waals surface area contributed by atoms with E-state index >= 15 is 0 Å². The zero-order valence-corrected chi connectivity index (χ0v) is 7.90. The molecule has 0 nitrogen and oxygen atoms in total. The normalized spacial score (nSPS) is 20.6. The molecule has 0 aliphatic carbocycles. The predicted molar refractivity (Wildman–Crippen MR) is 51.2 cm³/mol. The van der Waals surface area contributed by atoms with Gasteiger partial charge in [0.1, 0.15) is 5.25 Å². The SMILES string of the molecule is FC(F)(F)[C@H]1C=Cc2ccccc2S1. The van der Waals surface area contributed by atoms with Crippen LogP contribution in [0.2, 0.25) is 0 Å². The van der Waals surface area contributed by atoms with Crippen LogP contribution < -0.4 is 0 Å². The molecule has 0 aromatic heterocycles.